The third-order valence-electron chi connectivity index (χ3n) is 2.07. The lowest BCUT2D eigenvalue weighted by Crippen LogP contribution is -2.16. The SMILES string of the molecule is Cc1cc(Br)cc(C)c1NC[C@H](C)O. The summed E-state index contributed by atoms with van der Waals surface area (Å²) >= 11 is 3.45. The fourth-order valence-electron chi connectivity index (χ4n) is 1.44. The van der Waals surface area contributed by atoms with Gasteiger partial charge in [0.05, 0.1) is 6.10 Å². The van der Waals surface area contributed by atoms with E-state index in [1.807, 2.05) is 0 Å². The summed E-state index contributed by atoms with van der Waals surface area (Å²) in [5.74, 6) is 0. The zero-order chi connectivity index (χ0) is 10.7. The van der Waals surface area contributed by atoms with Crippen LogP contribution in [0.15, 0.2) is 16.6 Å². The predicted molar refractivity (Wildman–Crippen MR) is 63.8 cm³/mol. The van der Waals surface area contributed by atoms with Gasteiger partial charge >= 0.3 is 0 Å². The number of benzene rings is 1. The molecule has 0 amide bonds. The maximum atomic E-state index is 9.18. The van der Waals surface area contributed by atoms with Gasteiger partial charge in [-0.2, -0.15) is 0 Å². The molecule has 1 aromatic rings. The van der Waals surface area contributed by atoms with Crippen molar-refractivity contribution < 1.29 is 5.11 Å². The molecule has 1 atom stereocenters. The van der Waals surface area contributed by atoms with Crippen LogP contribution < -0.4 is 5.32 Å². The summed E-state index contributed by atoms with van der Waals surface area (Å²) in [6.07, 6.45) is -0.322. The Morgan fingerprint density at radius 2 is 1.86 bits per heavy atom. The summed E-state index contributed by atoms with van der Waals surface area (Å²) in [4.78, 5) is 0. The molecule has 0 aliphatic rings. The monoisotopic (exact) mass is 257 g/mol. The summed E-state index contributed by atoms with van der Waals surface area (Å²) in [6.45, 7) is 6.48. The van der Waals surface area contributed by atoms with E-state index in [9.17, 15) is 5.11 Å². The Hall–Kier alpha value is -0.540. The van der Waals surface area contributed by atoms with Gasteiger partial charge in [-0.1, -0.05) is 15.9 Å². The van der Waals surface area contributed by atoms with Crippen molar-refractivity contribution in [2.45, 2.75) is 26.9 Å². The summed E-state index contributed by atoms with van der Waals surface area (Å²) in [5, 5.41) is 12.4. The van der Waals surface area contributed by atoms with Gasteiger partial charge in [0, 0.05) is 16.7 Å². The van der Waals surface area contributed by atoms with Crippen molar-refractivity contribution in [2.24, 2.45) is 0 Å². The second-order valence-electron chi connectivity index (χ2n) is 3.64. The molecule has 0 spiro atoms. The van der Waals surface area contributed by atoms with Crippen LogP contribution in [0.25, 0.3) is 0 Å². The van der Waals surface area contributed by atoms with Crippen molar-refractivity contribution in [3.63, 3.8) is 0 Å². The zero-order valence-electron chi connectivity index (χ0n) is 8.76. The Balaban J connectivity index is 2.86. The van der Waals surface area contributed by atoms with Gasteiger partial charge in [0.2, 0.25) is 0 Å². The minimum Gasteiger partial charge on any atom is -0.392 e. The largest absolute Gasteiger partial charge is 0.392 e. The zero-order valence-corrected chi connectivity index (χ0v) is 10.4. The third kappa shape index (κ3) is 3.00. The average Bonchev–Trinajstić information content (AvgIpc) is 2.01. The molecular formula is C11H16BrNO. The molecule has 0 aromatic heterocycles. The van der Waals surface area contributed by atoms with Gasteiger partial charge in [-0.3, -0.25) is 0 Å². The summed E-state index contributed by atoms with van der Waals surface area (Å²) in [7, 11) is 0. The third-order valence-corrected chi connectivity index (χ3v) is 2.53. The molecule has 3 heteroatoms. The Labute approximate surface area is 93.5 Å². The van der Waals surface area contributed by atoms with Gasteiger partial charge in [-0.25, -0.2) is 0 Å². The first kappa shape index (κ1) is 11.5. The minimum atomic E-state index is -0.322. The summed E-state index contributed by atoms with van der Waals surface area (Å²) in [6, 6.07) is 4.13. The lowest BCUT2D eigenvalue weighted by molar-refractivity contribution is 0.208. The number of hydrogen-bond donors (Lipinski definition) is 2. The van der Waals surface area contributed by atoms with Crippen LogP contribution in [0.1, 0.15) is 18.1 Å². The molecule has 1 rings (SSSR count). The highest BCUT2D eigenvalue weighted by atomic mass is 79.9. The first-order chi connectivity index (χ1) is 6.50. The standard InChI is InChI=1S/C11H16BrNO/c1-7-4-10(12)5-8(2)11(7)13-6-9(3)14/h4-5,9,13-14H,6H2,1-3H3/t9-/m0/s1. The number of aryl methyl sites for hydroxylation is 2. The molecular weight excluding hydrogens is 242 g/mol. The van der Waals surface area contributed by atoms with Gasteiger partial charge in [-0.05, 0) is 44.0 Å². The van der Waals surface area contributed by atoms with Crippen molar-refractivity contribution in [3.8, 4) is 0 Å². The van der Waals surface area contributed by atoms with E-state index in [4.69, 9.17) is 0 Å². The van der Waals surface area contributed by atoms with Crippen molar-refractivity contribution in [1.82, 2.24) is 0 Å². The molecule has 0 bridgehead atoms. The van der Waals surface area contributed by atoms with Crippen LogP contribution in [0, 0.1) is 13.8 Å². The maximum absolute atomic E-state index is 9.18. The summed E-state index contributed by atoms with van der Waals surface area (Å²) in [5.41, 5.74) is 3.50. The van der Waals surface area contributed by atoms with Crippen LogP contribution in [0.4, 0.5) is 5.69 Å². The number of halogens is 1. The van der Waals surface area contributed by atoms with E-state index in [0.717, 1.165) is 10.2 Å². The average molecular weight is 258 g/mol. The smallest absolute Gasteiger partial charge is 0.0684 e. The molecule has 0 aliphatic heterocycles. The number of aliphatic hydroxyl groups excluding tert-OH is 1. The van der Waals surface area contributed by atoms with Gasteiger partial charge in [0.1, 0.15) is 0 Å². The summed E-state index contributed by atoms with van der Waals surface area (Å²) < 4.78 is 1.09. The fraction of sp³-hybridized carbons (Fsp3) is 0.455. The molecule has 2 N–H and O–H groups in total. The molecule has 0 saturated carbocycles. The number of aliphatic hydroxyl groups is 1. The number of rotatable bonds is 3. The number of nitrogens with one attached hydrogen (secondary N) is 1. The van der Waals surface area contributed by atoms with Crippen molar-refractivity contribution in [1.29, 1.82) is 0 Å². The second-order valence-corrected chi connectivity index (χ2v) is 4.56. The van der Waals surface area contributed by atoms with E-state index in [1.165, 1.54) is 11.1 Å². The lowest BCUT2D eigenvalue weighted by Gasteiger charge is -2.14. The molecule has 2 nitrogen and oxygen atoms in total. The Bertz CT molecular complexity index is 300. The normalized spacial score (nSPS) is 12.6. The van der Waals surface area contributed by atoms with Gasteiger partial charge in [-0.15, -0.1) is 0 Å². The highest BCUT2D eigenvalue weighted by Gasteiger charge is 2.04. The molecule has 0 radical (unpaired) electrons. The first-order valence-electron chi connectivity index (χ1n) is 4.69. The highest BCUT2D eigenvalue weighted by Crippen LogP contribution is 2.24. The van der Waals surface area contributed by atoms with E-state index in [-0.39, 0.29) is 6.10 Å². The molecule has 1 aromatic carbocycles. The van der Waals surface area contributed by atoms with Crippen LogP contribution in [-0.4, -0.2) is 17.8 Å². The van der Waals surface area contributed by atoms with Crippen molar-refractivity contribution >= 4 is 21.6 Å². The molecule has 0 fully saturated rings. The van der Waals surface area contributed by atoms with Crippen molar-refractivity contribution in [2.75, 3.05) is 11.9 Å². The first-order valence-corrected chi connectivity index (χ1v) is 5.48. The van der Waals surface area contributed by atoms with E-state index in [1.54, 1.807) is 6.92 Å². The minimum absolute atomic E-state index is 0.322. The highest BCUT2D eigenvalue weighted by molar-refractivity contribution is 9.10. The van der Waals surface area contributed by atoms with Gasteiger partial charge in [0.25, 0.3) is 0 Å². The van der Waals surface area contributed by atoms with E-state index >= 15 is 0 Å². The quantitative estimate of drug-likeness (QED) is 0.873. The predicted octanol–water partition coefficient (Wildman–Crippen LogP) is 2.86. The molecule has 78 valence electrons. The maximum Gasteiger partial charge on any atom is 0.0684 e. The van der Waals surface area contributed by atoms with Crippen molar-refractivity contribution in [3.05, 3.63) is 27.7 Å². The van der Waals surface area contributed by atoms with E-state index in [2.05, 4.69) is 47.2 Å². The lowest BCUT2D eigenvalue weighted by atomic mass is 10.1. The Morgan fingerprint density at radius 1 is 1.36 bits per heavy atom. The van der Waals surface area contributed by atoms with Crippen LogP contribution in [-0.2, 0) is 0 Å². The molecule has 0 saturated heterocycles. The topological polar surface area (TPSA) is 32.3 Å². The molecule has 14 heavy (non-hydrogen) atoms. The Kier molecular flexibility index (Phi) is 3.96. The Morgan fingerprint density at radius 3 is 2.29 bits per heavy atom. The molecule has 0 heterocycles. The van der Waals surface area contributed by atoms with Gasteiger partial charge < -0.3 is 10.4 Å². The second kappa shape index (κ2) is 4.80. The van der Waals surface area contributed by atoms with Crippen LogP contribution in [0.3, 0.4) is 0 Å². The van der Waals surface area contributed by atoms with Crippen LogP contribution in [0.5, 0.6) is 0 Å². The number of anilines is 1. The van der Waals surface area contributed by atoms with Gasteiger partial charge in [0.15, 0.2) is 0 Å². The molecule has 0 unspecified atom stereocenters. The fourth-order valence-corrected chi connectivity index (χ4v) is 2.13. The van der Waals surface area contributed by atoms with Crippen LogP contribution >= 0.6 is 15.9 Å². The molecule has 0 aliphatic carbocycles. The van der Waals surface area contributed by atoms with E-state index in [0.29, 0.717) is 6.54 Å². The van der Waals surface area contributed by atoms with Crippen LogP contribution in [0.2, 0.25) is 0 Å². The van der Waals surface area contributed by atoms with E-state index < -0.39 is 0 Å². The number of hydrogen-bond acceptors (Lipinski definition) is 2.